The standard InChI is InChI=1S/C24H21N7O2/c1-15(2)20(24-29-21(30-33-24)17-9-6-11-25-13-17)28-23(32)18-14-27-31-19(10-12-26-22(18)31)16-7-4-3-5-8-16/h3-15,20H,1-2H3,(H,28,32). The van der Waals surface area contributed by atoms with Gasteiger partial charge in [-0.1, -0.05) is 49.3 Å². The van der Waals surface area contributed by atoms with Gasteiger partial charge in [0.2, 0.25) is 11.7 Å². The van der Waals surface area contributed by atoms with Crippen LogP contribution < -0.4 is 5.32 Å². The van der Waals surface area contributed by atoms with Crippen LogP contribution in [0.1, 0.15) is 36.1 Å². The molecule has 164 valence electrons. The second-order valence-electron chi connectivity index (χ2n) is 7.88. The molecule has 1 aromatic carbocycles. The molecule has 0 bridgehead atoms. The second kappa shape index (κ2) is 8.62. The van der Waals surface area contributed by atoms with Crippen molar-refractivity contribution in [1.82, 2.24) is 35.0 Å². The number of fused-ring (bicyclic) bond motifs is 1. The van der Waals surface area contributed by atoms with E-state index in [9.17, 15) is 4.79 Å². The summed E-state index contributed by atoms with van der Waals surface area (Å²) in [5.41, 5.74) is 3.40. The lowest BCUT2D eigenvalue weighted by molar-refractivity contribution is 0.0915. The first-order valence-electron chi connectivity index (χ1n) is 10.5. The minimum Gasteiger partial charge on any atom is -0.340 e. The zero-order valence-corrected chi connectivity index (χ0v) is 18.1. The number of benzene rings is 1. The van der Waals surface area contributed by atoms with Crippen molar-refractivity contribution in [2.75, 3.05) is 0 Å². The number of rotatable bonds is 6. The van der Waals surface area contributed by atoms with Crippen molar-refractivity contribution < 1.29 is 9.32 Å². The van der Waals surface area contributed by atoms with Crippen LogP contribution in [0, 0.1) is 5.92 Å². The third-order valence-electron chi connectivity index (χ3n) is 5.30. The van der Waals surface area contributed by atoms with Gasteiger partial charge in [0, 0.05) is 29.7 Å². The maximum atomic E-state index is 13.2. The Labute approximate surface area is 189 Å². The van der Waals surface area contributed by atoms with Crippen LogP contribution in [0.5, 0.6) is 0 Å². The number of aromatic nitrogens is 6. The number of carbonyl (C=O) groups is 1. The van der Waals surface area contributed by atoms with Gasteiger partial charge in [-0.05, 0) is 24.1 Å². The van der Waals surface area contributed by atoms with E-state index in [1.54, 1.807) is 29.2 Å². The average Bonchev–Trinajstić information content (AvgIpc) is 3.51. The first-order valence-corrected chi connectivity index (χ1v) is 10.5. The number of nitrogens with one attached hydrogen (secondary N) is 1. The predicted molar refractivity (Wildman–Crippen MR) is 121 cm³/mol. The fourth-order valence-electron chi connectivity index (χ4n) is 3.59. The molecule has 9 heteroatoms. The summed E-state index contributed by atoms with van der Waals surface area (Å²) in [4.78, 5) is 26.2. The highest BCUT2D eigenvalue weighted by molar-refractivity contribution is 6.00. The molecule has 0 aliphatic carbocycles. The van der Waals surface area contributed by atoms with E-state index in [1.165, 1.54) is 6.20 Å². The first kappa shape index (κ1) is 20.5. The van der Waals surface area contributed by atoms with Crippen LogP contribution in [0.3, 0.4) is 0 Å². The predicted octanol–water partition coefficient (Wildman–Crippen LogP) is 3.97. The molecule has 1 N–H and O–H groups in total. The number of hydrogen-bond acceptors (Lipinski definition) is 7. The van der Waals surface area contributed by atoms with E-state index >= 15 is 0 Å². The monoisotopic (exact) mass is 439 g/mol. The summed E-state index contributed by atoms with van der Waals surface area (Å²) in [5, 5.41) is 11.5. The third-order valence-corrected chi connectivity index (χ3v) is 5.30. The van der Waals surface area contributed by atoms with E-state index in [2.05, 4.69) is 30.5 Å². The molecule has 0 aliphatic heterocycles. The van der Waals surface area contributed by atoms with E-state index in [-0.39, 0.29) is 11.8 Å². The zero-order valence-electron chi connectivity index (χ0n) is 18.1. The van der Waals surface area contributed by atoms with Crippen LogP contribution >= 0.6 is 0 Å². The van der Waals surface area contributed by atoms with Gasteiger partial charge in [-0.2, -0.15) is 10.1 Å². The summed E-state index contributed by atoms with van der Waals surface area (Å²) in [6.45, 7) is 3.95. The molecule has 1 atom stereocenters. The molecule has 0 aliphatic rings. The van der Waals surface area contributed by atoms with Crippen LogP contribution in [0.15, 0.2) is 77.8 Å². The lowest BCUT2D eigenvalue weighted by Gasteiger charge is -2.18. The molecular weight excluding hydrogens is 418 g/mol. The Kier molecular flexibility index (Phi) is 5.35. The Bertz CT molecular complexity index is 1390. The van der Waals surface area contributed by atoms with E-state index in [4.69, 9.17) is 4.52 Å². The van der Waals surface area contributed by atoms with Crippen molar-refractivity contribution >= 4 is 11.6 Å². The van der Waals surface area contributed by atoms with Gasteiger partial charge in [0.05, 0.1) is 11.9 Å². The minimum absolute atomic E-state index is 0.00539. The summed E-state index contributed by atoms with van der Waals surface area (Å²) in [5.74, 6) is 0.433. The van der Waals surface area contributed by atoms with Crippen molar-refractivity contribution in [3.05, 3.63) is 84.8 Å². The van der Waals surface area contributed by atoms with Gasteiger partial charge in [0.15, 0.2) is 5.65 Å². The topological polar surface area (TPSA) is 111 Å². The van der Waals surface area contributed by atoms with Gasteiger partial charge < -0.3 is 9.84 Å². The molecule has 33 heavy (non-hydrogen) atoms. The van der Waals surface area contributed by atoms with Crippen molar-refractivity contribution in [2.24, 2.45) is 5.92 Å². The Morgan fingerprint density at radius 1 is 1.00 bits per heavy atom. The molecule has 0 fully saturated rings. The lowest BCUT2D eigenvalue weighted by Crippen LogP contribution is -2.32. The van der Waals surface area contributed by atoms with Crippen LogP contribution in [-0.4, -0.2) is 35.6 Å². The van der Waals surface area contributed by atoms with E-state index < -0.39 is 6.04 Å². The van der Waals surface area contributed by atoms with Gasteiger partial charge in [-0.25, -0.2) is 9.50 Å². The smallest absolute Gasteiger partial charge is 0.257 e. The second-order valence-corrected chi connectivity index (χ2v) is 7.88. The largest absolute Gasteiger partial charge is 0.340 e. The first-order chi connectivity index (χ1) is 16.1. The molecule has 0 saturated carbocycles. The molecule has 0 spiro atoms. The zero-order chi connectivity index (χ0) is 22.8. The molecule has 1 amide bonds. The summed E-state index contributed by atoms with van der Waals surface area (Å²) >= 11 is 0. The van der Waals surface area contributed by atoms with Gasteiger partial charge in [0.25, 0.3) is 5.91 Å². The Hall–Kier alpha value is -4.40. The van der Waals surface area contributed by atoms with Gasteiger partial charge in [-0.15, -0.1) is 0 Å². The van der Waals surface area contributed by atoms with E-state index in [0.29, 0.717) is 22.9 Å². The van der Waals surface area contributed by atoms with Crippen molar-refractivity contribution in [3.8, 4) is 22.6 Å². The molecule has 5 rings (SSSR count). The number of nitrogens with zero attached hydrogens (tertiary/aromatic N) is 6. The quantitative estimate of drug-likeness (QED) is 0.426. The highest BCUT2D eigenvalue weighted by Crippen LogP contribution is 2.25. The fraction of sp³-hybridized carbons (Fsp3) is 0.167. The molecular formula is C24H21N7O2. The maximum absolute atomic E-state index is 13.2. The SMILES string of the molecule is CC(C)C(NC(=O)c1cnn2c(-c3ccccc3)ccnc12)c1nc(-c2cccnc2)no1. The normalized spacial score (nSPS) is 12.2. The summed E-state index contributed by atoms with van der Waals surface area (Å²) < 4.78 is 7.15. The van der Waals surface area contributed by atoms with Gasteiger partial charge in [0.1, 0.15) is 11.6 Å². The van der Waals surface area contributed by atoms with Crippen molar-refractivity contribution in [2.45, 2.75) is 19.9 Å². The molecule has 4 heterocycles. The van der Waals surface area contributed by atoms with Crippen molar-refractivity contribution in [1.29, 1.82) is 0 Å². The third kappa shape index (κ3) is 3.96. The van der Waals surface area contributed by atoms with Crippen LogP contribution in [0.25, 0.3) is 28.3 Å². The number of pyridine rings is 1. The van der Waals surface area contributed by atoms with Crippen LogP contribution in [0.2, 0.25) is 0 Å². The van der Waals surface area contributed by atoms with Gasteiger partial charge >= 0.3 is 0 Å². The number of carbonyl (C=O) groups excluding carboxylic acids is 1. The van der Waals surface area contributed by atoms with Crippen LogP contribution in [-0.2, 0) is 0 Å². The number of hydrogen-bond donors (Lipinski definition) is 1. The Morgan fingerprint density at radius 3 is 2.58 bits per heavy atom. The molecule has 1 unspecified atom stereocenters. The minimum atomic E-state index is -0.484. The van der Waals surface area contributed by atoms with E-state index in [0.717, 1.165) is 16.8 Å². The molecule has 5 aromatic rings. The highest BCUT2D eigenvalue weighted by Gasteiger charge is 2.27. The lowest BCUT2D eigenvalue weighted by atomic mass is 10.0. The number of amides is 1. The molecule has 0 radical (unpaired) electrons. The molecule has 4 aromatic heterocycles. The molecule has 9 nitrogen and oxygen atoms in total. The van der Waals surface area contributed by atoms with E-state index in [1.807, 2.05) is 56.3 Å². The fourth-order valence-corrected chi connectivity index (χ4v) is 3.59. The average molecular weight is 439 g/mol. The van der Waals surface area contributed by atoms with Gasteiger partial charge in [-0.3, -0.25) is 9.78 Å². The summed E-state index contributed by atoms with van der Waals surface area (Å²) in [7, 11) is 0. The van der Waals surface area contributed by atoms with Crippen LogP contribution in [0.4, 0.5) is 0 Å². The summed E-state index contributed by atoms with van der Waals surface area (Å²) in [6, 6.07) is 14.9. The van der Waals surface area contributed by atoms with Crippen molar-refractivity contribution in [3.63, 3.8) is 0 Å². The molecule has 0 saturated heterocycles. The maximum Gasteiger partial charge on any atom is 0.257 e. The summed E-state index contributed by atoms with van der Waals surface area (Å²) in [6.07, 6.45) is 6.53. The Balaban J connectivity index is 1.44. The Morgan fingerprint density at radius 2 is 1.82 bits per heavy atom. The highest BCUT2D eigenvalue weighted by atomic mass is 16.5.